The van der Waals surface area contributed by atoms with Crippen LogP contribution < -0.4 is 11.1 Å². The minimum absolute atomic E-state index is 0.226. The summed E-state index contributed by atoms with van der Waals surface area (Å²) in [6, 6.07) is 6.53. The topological polar surface area (TPSA) is 96.9 Å². The number of hydrogen-bond donors (Lipinski definition) is 2. The number of benzene rings is 1. The van der Waals surface area contributed by atoms with Crippen molar-refractivity contribution in [2.75, 3.05) is 5.73 Å². The highest BCUT2D eigenvalue weighted by Crippen LogP contribution is 2.26. The first-order chi connectivity index (χ1) is 8.61. The number of nitrogens with zero attached hydrogens (tertiary/aromatic N) is 2. The molecule has 0 aromatic heterocycles. The standard InChI is InChI=1S/C11H12N4O2S/c1-6-10(15-17)18-11(13-6)14-9(16)7-4-2-3-5-8(7)12/h2-6,10H,12H2,1H3,(H,13,14,16). The molecule has 1 amide bonds. The largest absolute Gasteiger partial charge is 0.398 e. The fourth-order valence-electron chi connectivity index (χ4n) is 1.53. The number of para-hydroxylation sites is 1. The molecule has 0 radical (unpaired) electrons. The van der Waals surface area contributed by atoms with E-state index < -0.39 is 5.37 Å². The number of aliphatic imine (C=N–C) groups is 1. The molecule has 0 bridgehead atoms. The highest BCUT2D eigenvalue weighted by atomic mass is 32.2. The molecule has 0 spiro atoms. The quantitative estimate of drug-likeness (QED) is 0.626. The van der Waals surface area contributed by atoms with Crippen molar-refractivity contribution in [1.82, 2.24) is 5.32 Å². The number of hydrogen-bond acceptors (Lipinski definition) is 6. The lowest BCUT2D eigenvalue weighted by Gasteiger charge is -2.06. The first kappa shape index (κ1) is 12.6. The van der Waals surface area contributed by atoms with Crippen LogP contribution >= 0.6 is 11.8 Å². The van der Waals surface area contributed by atoms with Gasteiger partial charge in [0.25, 0.3) is 5.91 Å². The molecule has 0 saturated carbocycles. The summed E-state index contributed by atoms with van der Waals surface area (Å²) < 4.78 is 0. The normalized spacial score (nSPS) is 22.4. The third kappa shape index (κ3) is 2.51. The summed E-state index contributed by atoms with van der Waals surface area (Å²) >= 11 is 1.15. The molecular formula is C11H12N4O2S. The molecule has 2 atom stereocenters. The molecule has 94 valence electrons. The van der Waals surface area contributed by atoms with Crippen molar-refractivity contribution in [2.24, 2.45) is 10.2 Å². The van der Waals surface area contributed by atoms with Gasteiger partial charge in [-0.25, -0.2) is 0 Å². The molecule has 0 saturated heterocycles. The minimum atomic E-state index is -0.478. The Hall–Kier alpha value is -1.89. The van der Waals surface area contributed by atoms with Gasteiger partial charge in [0, 0.05) is 5.69 Å². The van der Waals surface area contributed by atoms with Crippen LogP contribution in [0, 0.1) is 4.91 Å². The molecule has 2 unspecified atom stereocenters. The molecule has 6 nitrogen and oxygen atoms in total. The number of nitrogen functional groups attached to an aromatic ring is 1. The van der Waals surface area contributed by atoms with Crippen molar-refractivity contribution in [2.45, 2.75) is 18.3 Å². The molecular weight excluding hydrogens is 252 g/mol. The van der Waals surface area contributed by atoms with Crippen molar-refractivity contribution in [3.8, 4) is 0 Å². The van der Waals surface area contributed by atoms with E-state index in [-0.39, 0.29) is 11.9 Å². The summed E-state index contributed by atoms with van der Waals surface area (Å²) in [5, 5.41) is 5.49. The van der Waals surface area contributed by atoms with Gasteiger partial charge < -0.3 is 11.1 Å². The monoisotopic (exact) mass is 264 g/mol. The van der Waals surface area contributed by atoms with Gasteiger partial charge in [0.1, 0.15) is 0 Å². The smallest absolute Gasteiger partial charge is 0.259 e. The zero-order valence-electron chi connectivity index (χ0n) is 9.66. The molecule has 1 aromatic carbocycles. The average Bonchev–Trinajstić information content (AvgIpc) is 2.69. The average molecular weight is 264 g/mol. The van der Waals surface area contributed by atoms with Gasteiger partial charge in [-0.15, -0.1) is 4.91 Å². The number of nitroso groups, excluding NO2 is 1. The first-order valence-electron chi connectivity index (χ1n) is 5.34. The number of amides is 1. The minimum Gasteiger partial charge on any atom is -0.398 e. The second-order valence-electron chi connectivity index (χ2n) is 3.83. The summed E-state index contributed by atoms with van der Waals surface area (Å²) in [7, 11) is 0. The Labute approximate surface area is 108 Å². The summed E-state index contributed by atoms with van der Waals surface area (Å²) in [6.07, 6.45) is 0. The maximum absolute atomic E-state index is 11.9. The van der Waals surface area contributed by atoms with Crippen LogP contribution in [0.25, 0.3) is 0 Å². The van der Waals surface area contributed by atoms with E-state index >= 15 is 0 Å². The van der Waals surface area contributed by atoms with Gasteiger partial charge in [0.2, 0.25) is 0 Å². The fraction of sp³-hybridized carbons (Fsp3) is 0.273. The highest BCUT2D eigenvalue weighted by Gasteiger charge is 2.29. The van der Waals surface area contributed by atoms with E-state index in [4.69, 9.17) is 5.73 Å². The summed E-state index contributed by atoms with van der Waals surface area (Å²) in [5.74, 6) is -0.335. The van der Waals surface area contributed by atoms with Crippen LogP contribution in [-0.4, -0.2) is 22.5 Å². The van der Waals surface area contributed by atoms with E-state index in [2.05, 4.69) is 15.5 Å². The van der Waals surface area contributed by atoms with Gasteiger partial charge in [0.05, 0.1) is 11.6 Å². The Morgan fingerprint density at radius 2 is 2.22 bits per heavy atom. The van der Waals surface area contributed by atoms with E-state index in [0.29, 0.717) is 16.4 Å². The van der Waals surface area contributed by atoms with Crippen LogP contribution in [0.1, 0.15) is 17.3 Å². The predicted molar refractivity (Wildman–Crippen MR) is 72.4 cm³/mol. The van der Waals surface area contributed by atoms with Gasteiger partial charge in [-0.05, 0) is 19.1 Å². The Kier molecular flexibility index (Phi) is 3.61. The van der Waals surface area contributed by atoms with Crippen molar-refractivity contribution in [3.05, 3.63) is 34.7 Å². The number of nitrogens with two attached hydrogens (primary N) is 1. The SMILES string of the molecule is CC1N=C(NC(=O)c2ccccc2N)SC1N=O. The highest BCUT2D eigenvalue weighted by molar-refractivity contribution is 8.14. The molecule has 3 N–H and O–H groups in total. The van der Waals surface area contributed by atoms with Crippen LogP contribution in [0.2, 0.25) is 0 Å². The number of nitrogens with one attached hydrogen (secondary N) is 1. The second-order valence-corrected chi connectivity index (χ2v) is 4.94. The van der Waals surface area contributed by atoms with E-state index in [1.807, 2.05) is 0 Å². The Morgan fingerprint density at radius 1 is 1.50 bits per heavy atom. The maximum Gasteiger partial charge on any atom is 0.259 e. The Bertz CT molecular complexity index is 518. The number of thioether (sulfide) groups is 1. The molecule has 1 aliphatic heterocycles. The van der Waals surface area contributed by atoms with Crippen LogP contribution in [0.3, 0.4) is 0 Å². The fourth-order valence-corrected chi connectivity index (χ4v) is 2.44. The third-order valence-electron chi connectivity index (χ3n) is 2.50. The lowest BCUT2D eigenvalue weighted by Crippen LogP contribution is -2.28. The molecule has 1 aliphatic rings. The van der Waals surface area contributed by atoms with E-state index in [0.717, 1.165) is 11.8 Å². The van der Waals surface area contributed by atoms with Crippen LogP contribution in [-0.2, 0) is 0 Å². The molecule has 0 fully saturated rings. The van der Waals surface area contributed by atoms with Crippen molar-refractivity contribution < 1.29 is 4.79 Å². The van der Waals surface area contributed by atoms with Crippen molar-refractivity contribution in [3.63, 3.8) is 0 Å². The Morgan fingerprint density at radius 3 is 2.83 bits per heavy atom. The summed E-state index contributed by atoms with van der Waals surface area (Å²) in [6.45, 7) is 1.77. The lowest BCUT2D eigenvalue weighted by molar-refractivity contribution is 0.0979. The number of carbonyl (C=O) groups excluding carboxylic acids is 1. The molecule has 1 heterocycles. The van der Waals surface area contributed by atoms with Gasteiger partial charge >= 0.3 is 0 Å². The van der Waals surface area contributed by atoms with Crippen molar-refractivity contribution >= 4 is 28.5 Å². The van der Waals surface area contributed by atoms with Gasteiger partial charge in [-0.2, -0.15) is 0 Å². The van der Waals surface area contributed by atoms with Crippen molar-refractivity contribution in [1.29, 1.82) is 0 Å². The number of anilines is 1. The van der Waals surface area contributed by atoms with E-state index in [9.17, 15) is 9.70 Å². The van der Waals surface area contributed by atoms with Gasteiger partial charge in [0.15, 0.2) is 10.5 Å². The van der Waals surface area contributed by atoms with Gasteiger partial charge in [-0.1, -0.05) is 29.1 Å². The maximum atomic E-state index is 11.9. The Balaban J connectivity index is 2.08. The van der Waals surface area contributed by atoms with Crippen LogP contribution in [0.15, 0.2) is 34.4 Å². The molecule has 2 rings (SSSR count). The molecule has 18 heavy (non-hydrogen) atoms. The molecule has 0 aliphatic carbocycles. The zero-order chi connectivity index (χ0) is 13.1. The van der Waals surface area contributed by atoms with E-state index in [1.54, 1.807) is 31.2 Å². The summed E-state index contributed by atoms with van der Waals surface area (Å²) in [5.41, 5.74) is 6.49. The number of rotatable bonds is 2. The molecule has 7 heteroatoms. The third-order valence-corrected chi connectivity index (χ3v) is 3.65. The second kappa shape index (κ2) is 5.18. The number of carbonyl (C=O) groups is 1. The van der Waals surface area contributed by atoms with Crippen LogP contribution in [0.4, 0.5) is 5.69 Å². The number of amidine groups is 1. The van der Waals surface area contributed by atoms with Gasteiger partial charge in [-0.3, -0.25) is 9.79 Å². The first-order valence-corrected chi connectivity index (χ1v) is 6.22. The molecule has 1 aromatic rings. The lowest BCUT2D eigenvalue weighted by atomic mass is 10.2. The predicted octanol–water partition coefficient (Wildman–Crippen LogP) is 1.58. The van der Waals surface area contributed by atoms with E-state index in [1.165, 1.54) is 0 Å². The summed E-state index contributed by atoms with van der Waals surface area (Å²) in [4.78, 5) is 26.6. The zero-order valence-corrected chi connectivity index (χ0v) is 10.5. The van der Waals surface area contributed by atoms with Crippen LogP contribution in [0.5, 0.6) is 0 Å².